The number of methoxy groups -OCH3 is 1. The average Bonchev–Trinajstić information content (AvgIpc) is 3.40. The van der Waals surface area contributed by atoms with Crippen molar-refractivity contribution in [3.05, 3.63) is 92.2 Å². The maximum atomic E-state index is 13.0. The third kappa shape index (κ3) is 3.55. The highest BCUT2D eigenvalue weighted by molar-refractivity contribution is 7.10. The second-order valence-electron chi connectivity index (χ2n) is 6.69. The van der Waals surface area contributed by atoms with E-state index in [1.807, 2.05) is 5.38 Å². The van der Waals surface area contributed by atoms with E-state index in [1.54, 1.807) is 36.4 Å². The molecule has 1 atom stereocenters. The molecule has 8 nitrogen and oxygen atoms in total. The summed E-state index contributed by atoms with van der Waals surface area (Å²) in [6.07, 6.45) is 0. The molecule has 1 N–H and O–H groups in total. The van der Waals surface area contributed by atoms with E-state index in [1.165, 1.54) is 47.6 Å². The maximum absolute atomic E-state index is 13.0. The molecule has 0 radical (unpaired) electrons. The summed E-state index contributed by atoms with van der Waals surface area (Å²) in [6, 6.07) is 14.6. The second kappa shape index (κ2) is 8.04. The van der Waals surface area contributed by atoms with Crippen LogP contribution >= 0.6 is 11.3 Å². The number of benzene rings is 2. The number of rotatable bonds is 5. The number of ketones is 1. The van der Waals surface area contributed by atoms with Gasteiger partial charge >= 0.3 is 0 Å². The fourth-order valence-corrected chi connectivity index (χ4v) is 4.30. The summed E-state index contributed by atoms with van der Waals surface area (Å²) < 4.78 is 5.24. The van der Waals surface area contributed by atoms with Crippen molar-refractivity contribution in [1.82, 2.24) is 0 Å². The van der Waals surface area contributed by atoms with Crippen molar-refractivity contribution in [3.8, 4) is 5.75 Å². The lowest BCUT2D eigenvalue weighted by Crippen LogP contribution is -2.29. The van der Waals surface area contributed by atoms with Crippen LogP contribution in [0.4, 0.5) is 11.4 Å². The number of ether oxygens (including phenoxy) is 1. The van der Waals surface area contributed by atoms with Crippen LogP contribution in [0.5, 0.6) is 5.75 Å². The van der Waals surface area contributed by atoms with Gasteiger partial charge in [-0.1, -0.05) is 12.1 Å². The SMILES string of the molecule is COc1cccc(N2C(=O)C(=O)/C(=C(\O)c3ccc([N+](=O)[O-])cc3)C2c2cccs2)c1. The van der Waals surface area contributed by atoms with Gasteiger partial charge in [0.25, 0.3) is 17.4 Å². The summed E-state index contributed by atoms with van der Waals surface area (Å²) in [7, 11) is 1.50. The predicted octanol–water partition coefficient (Wildman–Crippen LogP) is 4.29. The van der Waals surface area contributed by atoms with E-state index in [0.717, 1.165) is 0 Å². The van der Waals surface area contributed by atoms with E-state index < -0.39 is 28.4 Å². The molecule has 1 saturated heterocycles. The number of nitrogens with zero attached hydrogens (tertiary/aromatic N) is 2. The highest BCUT2D eigenvalue weighted by Crippen LogP contribution is 2.44. The molecule has 2 heterocycles. The molecule has 0 saturated carbocycles. The zero-order valence-corrected chi connectivity index (χ0v) is 17.0. The van der Waals surface area contributed by atoms with E-state index in [4.69, 9.17) is 4.74 Å². The molecule has 0 aliphatic carbocycles. The third-order valence-corrected chi connectivity index (χ3v) is 5.86. The van der Waals surface area contributed by atoms with Crippen molar-refractivity contribution in [2.24, 2.45) is 0 Å². The van der Waals surface area contributed by atoms with Gasteiger partial charge in [0.05, 0.1) is 17.6 Å². The Hall–Kier alpha value is -3.98. The molecule has 1 aromatic heterocycles. The van der Waals surface area contributed by atoms with Crippen molar-refractivity contribution in [3.63, 3.8) is 0 Å². The van der Waals surface area contributed by atoms with E-state index >= 15 is 0 Å². The number of amides is 1. The molecule has 3 aromatic rings. The largest absolute Gasteiger partial charge is 0.507 e. The van der Waals surface area contributed by atoms with Crippen LogP contribution in [0.15, 0.2) is 71.6 Å². The van der Waals surface area contributed by atoms with Gasteiger partial charge in [-0.25, -0.2) is 0 Å². The number of carbonyl (C=O) groups excluding carboxylic acids is 2. The number of aliphatic hydroxyl groups is 1. The molecule has 1 fully saturated rings. The molecule has 0 spiro atoms. The van der Waals surface area contributed by atoms with Gasteiger partial charge in [-0.3, -0.25) is 24.6 Å². The molecule has 1 aliphatic heterocycles. The first-order valence-corrected chi connectivity index (χ1v) is 10.0. The smallest absolute Gasteiger partial charge is 0.300 e. The lowest BCUT2D eigenvalue weighted by Gasteiger charge is -2.24. The normalized spacial score (nSPS) is 17.7. The Balaban J connectivity index is 1.88. The number of nitro benzene ring substituents is 1. The maximum Gasteiger partial charge on any atom is 0.300 e. The Labute approximate surface area is 180 Å². The number of nitro groups is 1. The van der Waals surface area contributed by atoms with Gasteiger partial charge in [-0.15, -0.1) is 11.3 Å². The molecule has 4 rings (SSSR count). The molecule has 1 aliphatic rings. The van der Waals surface area contributed by atoms with E-state index in [2.05, 4.69) is 0 Å². The van der Waals surface area contributed by atoms with Gasteiger partial charge in [0.2, 0.25) is 0 Å². The Kier molecular flexibility index (Phi) is 5.26. The summed E-state index contributed by atoms with van der Waals surface area (Å²) in [5.74, 6) is -1.50. The Morgan fingerprint density at radius 2 is 1.87 bits per heavy atom. The zero-order chi connectivity index (χ0) is 22.1. The van der Waals surface area contributed by atoms with Gasteiger partial charge < -0.3 is 9.84 Å². The number of hydrogen-bond donors (Lipinski definition) is 1. The van der Waals surface area contributed by atoms with Crippen molar-refractivity contribution in [1.29, 1.82) is 0 Å². The first-order valence-electron chi connectivity index (χ1n) is 9.15. The van der Waals surface area contributed by atoms with Crippen molar-refractivity contribution >= 4 is 40.2 Å². The Morgan fingerprint density at radius 1 is 1.13 bits per heavy atom. The van der Waals surface area contributed by atoms with Gasteiger partial charge in [-0.05, 0) is 35.7 Å². The monoisotopic (exact) mass is 436 g/mol. The number of non-ortho nitro benzene ring substituents is 1. The van der Waals surface area contributed by atoms with E-state index in [0.29, 0.717) is 16.3 Å². The average molecular weight is 436 g/mol. The van der Waals surface area contributed by atoms with Crippen molar-refractivity contribution in [2.75, 3.05) is 12.0 Å². The van der Waals surface area contributed by atoms with Gasteiger partial charge in [0, 0.05) is 34.3 Å². The fraction of sp³-hybridized carbons (Fsp3) is 0.0909. The number of hydrogen-bond acceptors (Lipinski definition) is 7. The quantitative estimate of drug-likeness (QED) is 0.210. The molecule has 2 aromatic carbocycles. The summed E-state index contributed by atoms with van der Waals surface area (Å²) in [5.41, 5.74) is 0.422. The van der Waals surface area contributed by atoms with Crippen LogP contribution in [0, 0.1) is 10.1 Å². The molecule has 1 amide bonds. The molecule has 9 heteroatoms. The lowest BCUT2D eigenvalue weighted by atomic mass is 9.99. The number of anilines is 1. The predicted molar refractivity (Wildman–Crippen MR) is 115 cm³/mol. The molecule has 0 bridgehead atoms. The highest BCUT2D eigenvalue weighted by Gasteiger charge is 2.47. The minimum Gasteiger partial charge on any atom is -0.507 e. The van der Waals surface area contributed by atoms with Gasteiger partial charge in [0.1, 0.15) is 17.6 Å². The number of thiophene rings is 1. The summed E-state index contributed by atoms with van der Waals surface area (Å²) >= 11 is 1.34. The number of Topliss-reactive ketones (excluding diaryl/α,β-unsaturated/α-hetero) is 1. The van der Waals surface area contributed by atoms with Crippen LogP contribution < -0.4 is 9.64 Å². The van der Waals surface area contributed by atoms with Crippen LogP contribution in [-0.4, -0.2) is 28.8 Å². The molecule has 31 heavy (non-hydrogen) atoms. The topological polar surface area (TPSA) is 110 Å². The minimum absolute atomic E-state index is 0.0795. The zero-order valence-electron chi connectivity index (χ0n) is 16.2. The third-order valence-electron chi connectivity index (χ3n) is 4.94. The van der Waals surface area contributed by atoms with Crippen molar-refractivity contribution < 1.29 is 24.4 Å². The van der Waals surface area contributed by atoms with E-state index in [9.17, 15) is 24.8 Å². The summed E-state index contributed by atoms with van der Waals surface area (Å²) in [5, 5.41) is 23.7. The molecule has 1 unspecified atom stereocenters. The number of carbonyl (C=O) groups is 2. The fourth-order valence-electron chi connectivity index (χ4n) is 3.47. The first-order chi connectivity index (χ1) is 14.9. The van der Waals surface area contributed by atoms with Crippen LogP contribution in [0.1, 0.15) is 16.5 Å². The van der Waals surface area contributed by atoms with Crippen LogP contribution in [0.25, 0.3) is 5.76 Å². The molecule has 156 valence electrons. The highest BCUT2D eigenvalue weighted by atomic mass is 32.1. The minimum atomic E-state index is -0.845. The number of aliphatic hydroxyl groups excluding tert-OH is 1. The Bertz CT molecular complexity index is 1200. The van der Waals surface area contributed by atoms with Crippen LogP contribution in [0.3, 0.4) is 0 Å². The van der Waals surface area contributed by atoms with Crippen LogP contribution in [0.2, 0.25) is 0 Å². The summed E-state index contributed by atoms with van der Waals surface area (Å²) in [4.78, 5) is 38.4. The van der Waals surface area contributed by atoms with Crippen molar-refractivity contribution in [2.45, 2.75) is 6.04 Å². The summed E-state index contributed by atoms with van der Waals surface area (Å²) in [6.45, 7) is 0. The van der Waals surface area contributed by atoms with E-state index in [-0.39, 0.29) is 16.8 Å². The Morgan fingerprint density at radius 3 is 2.48 bits per heavy atom. The van der Waals surface area contributed by atoms with Gasteiger partial charge in [0.15, 0.2) is 0 Å². The second-order valence-corrected chi connectivity index (χ2v) is 7.67. The standard InChI is InChI=1S/C22H16N2O6S/c1-30-16-5-2-4-15(12-16)23-19(17-6-3-11-31-17)18(21(26)22(23)27)20(25)13-7-9-14(10-8-13)24(28)29/h2-12,19,25H,1H3/b20-18-. The first kappa shape index (κ1) is 20.3. The van der Waals surface area contributed by atoms with Crippen LogP contribution in [-0.2, 0) is 9.59 Å². The van der Waals surface area contributed by atoms with Gasteiger partial charge in [-0.2, -0.15) is 0 Å². The molecular weight excluding hydrogens is 420 g/mol. The lowest BCUT2D eigenvalue weighted by molar-refractivity contribution is -0.384. The molecular formula is C22H16N2O6S.